The summed E-state index contributed by atoms with van der Waals surface area (Å²) >= 11 is 0. The highest BCUT2D eigenvalue weighted by Gasteiger charge is 2.43. The largest absolute Gasteiger partial charge is 0.586 e. The Morgan fingerprint density at radius 1 is 1.22 bits per heavy atom. The van der Waals surface area contributed by atoms with Crippen molar-refractivity contribution in [3.8, 4) is 11.5 Å². The minimum atomic E-state index is -3.54. The van der Waals surface area contributed by atoms with Gasteiger partial charge in [-0.2, -0.15) is 0 Å². The third-order valence-electron chi connectivity index (χ3n) is 3.11. The van der Waals surface area contributed by atoms with Crippen LogP contribution < -0.4 is 15.2 Å². The van der Waals surface area contributed by atoms with Crippen LogP contribution >= 0.6 is 0 Å². The zero-order valence-corrected chi connectivity index (χ0v) is 10.5. The smallest absolute Gasteiger partial charge is 0.395 e. The van der Waals surface area contributed by atoms with Crippen LogP contribution in [0.25, 0.3) is 0 Å². The Bertz CT molecular complexity index is 447. The molecule has 0 radical (unpaired) electrons. The lowest BCUT2D eigenvalue weighted by Gasteiger charge is -2.21. The van der Waals surface area contributed by atoms with Gasteiger partial charge in [0.15, 0.2) is 11.5 Å². The van der Waals surface area contributed by atoms with E-state index in [4.69, 9.17) is 5.73 Å². The molecule has 18 heavy (non-hydrogen) atoms. The summed E-state index contributed by atoms with van der Waals surface area (Å²) in [5, 5.41) is 0. The molecular formula is C13H17F2NO2. The second-order valence-electron chi connectivity index (χ2n) is 5.32. The molecule has 2 rings (SSSR count). The molecule has 5 heteroatoms. The van der Waals surface area contributed by atoms with Crippen LogP contribution in [0.15, 0.2) is 18.2 Å². The number of fused-ring (bicyclic) bond motifs is 1. The SMILES string of the molecule is CC(C)(CN)CCc1ccc2c(c1)OC(F)(F)O2. The maximum absolute atomic E-state index is 12.8. The summed E-state index contributed by atoms with van der Waals surface area (Å²) < 4.78 is 34.4. The van der Waals surface area contributed by atoms with Gasteiger partial charge in [-0.3, -0.25) is 0 Å². The fourth-order valence-corrected chi connectivity index (χ4v) is 1.73. The van der Waals surface area contributed by atoms with E-state index in [-0.39, 0.29) is 16.9 Å². The average Bonchev–Trinajstić information content (AvgIpc) is 2.59. The van der Waals surface area contributed by atoms with Gasteiger partial charge in [-0.15, -0.1) is 8.78 Å². The first-order valence-corrected chi connectivity index (χ1v) is 5.90. The normalized spacial score (nSPS) is 16.9. The number of nitrogens with two attached hydrogens (primary N) is 1. The van der Waals surface area contributed by atoms with E-state index in [1.807, 2.05) is 0 Å². The molecule has 0 atom stereocenters. The highest BCUT2D eigenvalue weighted by Crippen LogP contribution is 2.41. The van der Waals surface area contributed by atoms with Crippen molar-refractivity contribution in [2.45, 2.75) is 33.0 Å². The second kappa shape index (κ2) is 4.39. The molecule has 0 aromatic heterocycles. The van der Waals surface area contributed by atoms with Crippen molar-refractivity contribution in [1.29, 1.82) is 0 Å². The Balaban J connectivity index is 2.05. The molecule has 0 saturated heterocycles. The van der Waals surface area contributed by atoms with Gasteiger partial charge in [-0.05, 0) is 42.5 Å². The number of rotatable bonds is 4. The maximum Gasteiger partial charge on any atom is 0.586 e. The van der Waals surface area contributed by atoms with Crippen molar-refractivity contribution in [3.05, 3.63) is 23.8 Å². The van der Waals surface area contributed by atoms with Crippen LogP contribution in [-0.4, -0.2) is 12.8 Å². The van der Waals surface area contributed by atoms with E-state index in [0.29, 0.717) is 6.54 Å². The molecule has 0 spiro atoms. The van der Waals surface area contributed by atoms with Crippen LogP contribution in [0.5, 0.6) is 11.5 Å². The third-order valence-corrected chi connectivity index (χ3v) is 3.11. The molecule has 0 aliphatic carbocycles. The quantitative estimate of drug-likeness (QED) is 0.902. The van der Waals surface area contributed by atoms with E-state index < -0.39 is 6.29 Å². The van der Waals surface area contributed by atoms with Gasteiger partial charge in [0.05, 0.1) is 0 Å². The minimum Gasteiger partial charge on any atom is -0.395 e. The number of halogens is 2. The van der Waals surface area contributed by atoms with Gasteiger partial charge in [0.1, 0.15) is 0 Å². The number of hydrogen-bond donors (Lipinski definition) is 1. The number of hydrogen-bond acceptors (Lipinski definition) is 3. The molecule has 1 heterocycles. The highest BCUT2D eigenvalue weighted by molar-refractivity contribution is 5.45. The lowest BCUT2D eigenvalue weighted by atomic mass is 9.86. The standard InChI is InChI=1S/C13H17F2NO2/c1-12(2,8-16)6-5-9-3-4-10-11(7-9)18-13(14,15)17-10/h3-4,7H,5-6,8,16H2,1-2H3. The number of benzene rings is 1. The molecule has 1 aromatic carbocycles. The summed E-state index contributed by atoms with van der Waals surface area (Å²) in [4.78, 5) is 0. The lowest BCUT2D eigenvalue weighted by molar-refractivity contribution is -0.286. The summed E-state index contributed by atoms with van der Waals surface area (Å²) in [6, 6.07) is 4.89. The first kappa shape index (κ1) is 13.1. The van der Waals surface area contributed by atoms with Gasteiger partial charge in [0, 0.05) is 0 Å². The van der Waals surface area contributed by atoms with E-state index in [1.54, 1.807) is 12.1 Å². The van der Waals surface area contributed by atoms with Gasteiger partial charge >= 0.3 is 6.29 Å². The molecular weight excluding hydrogens is 240 g/mol. The Morgan fingerprint density at radius 3 is 2.56 bits per heavy atom. The summed E-state index contributed by atoms with van der Waals surface area (Å²) in [7, 11) is 0. The van der Waals surface area contributed by atoms with Crippen molar-refractivity contribution in [3.63, 3.8) is 0 Å². The number of aryl methyl sites for hydroxylation is 1. The average molecular weight is 257 g/mol. The van der Waals surface area contributed by atoms with Crippen LogP contribution in [0.4, 0.5) is 8.78 Å². The van der Waals surface area contributed by atoms with Crippen molar-refractivity contribution in [1.82, 2.24) is 0 Å². The second-order valence-corrected chi connectivity index (χ2v) is 5.32. The molecule has 0 bridgehead atoms. The van der Waals surface area contributed by atoms with E-state index >= 15 is 0 Å². The minimum absolute atomic E-state index is 0.0420. The zero-order chi connectivity index (χ0) is 13.4. The molecule has 1 aliphatic heterocycles. The fourth-order valence-electron chi connectivity index (χ4n) is 1.73. The molecule has 0 fully saturated rings. The van der Waals surface area contributed by atoms with Gasteiger partial charge < -0.3 is 15.2 Å². The monoisotopic (exact) mass is 257 g/mol. The van der Waals surface area contributed by atoms with Crippen LogP contribution in [0, 0.1) is 5.41 Å². The summed E-state index contributed by atoms with van der Waals surface area (Å²) in [5.41, 5.74) is 6.64. The summed E-state index contributed by atoms with van der Waals surface area (Å²) in [5.74, 6) is 0.185. The van der Waals surface area contributed by atoms with Gasteiger partial charge in [-0.25, -0.2) is 0 Å². The van der Waals surface area contributed by atoms with Crippen molar-refractivity contribution in [2.75, 3.05) is 6.54 Å². The third kappa shape index (κ3) is 2.90. The van der Waals surface area contributed by atoms with E-state index in [9.17, 15) is 8.78 Å². The Labute approximate surface area is 105 Å². The van der Waals surface area contributed by atoms with Crippen molar-refractivity contribution >= 4 is 0 Å². The number of ether oxygens (including phenoxy) is 2. The Hall–Kier alpha value is -1.36. The van der Waals surface area contributed by atoms with Gasteiger partial charge in [0.25, 0.3) is 0 Å². The lowest BCUT2D eigenvalue weighted by Crippen LogP contribution is -2.25. The maximum atomic E-state index is 12.8. The van der Waals surface area contributed by atoms with Crippen LogP contribution in [0.3, 0.4) is 0 Å². The molecule has 3 nitrogen and oxygen atoms in total. The zero-order valence-electron chi connectivity index (χ0n) is 10.5. The predicted molar refractivity (Wildman–Crippen MR) is 63.8 cm³/mol. The molecule has 1 aromatic rings. The molecule has 100 valence electrons. The first-order valence-electron chi connectivity index (χ1n) is 5.90. The molecule has 2 N–H and O–H groups in total. The number of alkyl halides is 2. The fraction of sp³-hybridized carbons (Fsp3) is 0.538. The molecule has 1 aliphatic rings. The molecule has 0 amide bonds. The molecule has 0 saturated carbocycles. The summed E-state index contributed by atoms with van der Waals surface area (Å²) in [6.45, 7) is 4.75. The topological polar surface area (TPSA) is 44.5 Å². The van der Waals surface area contributed by atoms with Gasteiger partial charge in [-0.1, -0.05) is 19.9 Å². The van der Waals surface area contributed by atoms with Crippen LogP contribution in [0.2, 0.25) is 0 Å². The summed E-state index contributed by atoms with van der Waals surface area (Å²) in [6.07, 6.45) is -1.89. The van der Waals surface area contributed by atoms with Crippen molar-refractivity contribution in [2.24, 2.45) is 11.1 Å². The first-order chi connectivity index (χ1) is 8.31. The predicted octanol–water partition coefficient (Wildman–Crippen LogP) is 2.93. The van der Waals surface area contributed by atoms with E-state index in [2.05, 4.69) is 23.3 Å². The van der Waals surface area contributed by atoms with E-state index in [0.717, 1.165) is 18.4 Å². The van der Waals surface area contributed by atoms with Crippen LogP contribution in [-0.2, 0) is 6.42 Å². The van der Waals surface area contributed by atoms with Gasteiger partial charge in [0.2, 0.25) is 0 Å². The Kier molecular flexibility index (Phi) is 3.19. The highest BCUT2D eigenvalue weighted by atomic mass is 19.3. The van der Waals surface area contributed by atoms with Crippen molar-refractivity contribution < 1.29 is 18.3 Å². The van der Waals surface area contributed by atoms with Crippen LogP contribution in [0.1, 0.15) is 25.8 Å². The Morgan fingerprint density at radius 2 is 1.89 bits per heavy atom. The van der Waals surface area contributed by atoms with E-state index in [1.165, 1.54) is 6.07 Å². The molecule has 0 unspecified atom stereocenters.